The number of nitrogens with one attached hydrogen (secondary N) is 3. The predicted octanol–water partition coefficient (Wildman–Crippen LogP) is 7.24. The van der Waals surface area contributed by atoms with Crippen molar-refractivity contribution in [2.75, 3.05) is 19.6 Å². The lowest BCUT2D eigenvalue weighted by Gasteiger charge is -2.31. The summed E-state index contributed by atoms with van der Waals surface area (Å²) >= 11 is 0. The van der Waals surface area contributed by atoms with Gasteiger partial charge in [-0.3, -0.25) is 10.3 Å². The normalized spacial score (nSPS) is 16.1. The molecule has 0 saturated carbocycles. The highest BCUT2D eigenvalue weighted by Gasteiger charge is 2.23. The number of amidine groups is 1. The van der Waals surface area contributed by atoms with Crippen LogP contribution in [0.25, 0.3) is 16.5 Å². The number of nitrogens with zero attached hydrogens (tertiary/aromatic N) is 2. The summed E-state index contributed by atoms with van der Waals surface area (Å²) in [6.45, 7) is 13.5. The van der Waals surface area contributed by atoms with Crippen LogP contribution in [-0.4, -0.2) is 35.4 Å². The molecule has 0 radical (unpaired) electrons. The number of aromatic nitrogens is 1. The molecule has 2 heterocycles. The number of hydrogen-bond donors (Lipinski definition) is 3. The van der Waals surface area contributed by atoms with Crippen LogP contribution in [0, 0.1) is 10.9 Å². The minimum atomic E-state index is 0.147. The summed E-state index contributed by atoms with van der Waals surface area (Å²) in [4.78, 5) is 5.97. The maximum atomic E-state index is 7.64. The summed E-state index contributed by atoms with van der Waals surface area (Å²) < 4.78 is 0. The molecule has 5 nitrogen and oxygen atoms in total. The SMILES string of the molecule is CC/C=C(\C=C(C)C)c1[nH]c2ccc(C3CCN(CC(=N)N=N)CC3)cc2c1C(C)C. The molecule has 1 saturated heterocycles. The Bertz CT molecular complexity index is 996. The molecule has 3 N–H and O–H groups in total. The number of likely N-dealkylation sites (tertiary alicyclic amines) is 1. The number of aromatic amines is 1. The summed E-state index contributed by atoms with van der Waals surface area (Å²) in [5.74, 6) is 1.13. The van der Waals surface area contributed by atoms with Crippen LogP contribution in [0.1, 0.15) is 82.5 Å². The zero-order valence-corrected chi connectivity index (χ0v) is 19.7. The largest absolute Gasteiger partial charge is 0.354 e. The molecule has 0 amide bonds. The first-order chi connectivity index (χ1) is 14.8. The van der Waals surface area contributed by atoms with Crippen molar-refractivity contribution in [1.29, 1.82) is 10.9 Å². The zero-order chi connectivity index (χ0) is 22.5. The fraction of sp³-hybridized carbons (Fsp3) is 0.500. The molecule has 1 aromatic heterocycles. The third-order valence-corrected chi connectivity index (χ3v) is 6.16. The first kappa shape index (κ1) is 23.1. The van der Waals surface area contributed by atoms with Crippen LogP contribution in [0.3, 0.4) is 0 Å². The van der Waals surface area contributed by atoms with E-state index in [9.17, 15) is 0 Å². The Morgan fingerprint density at radius 2 is 1.97 bits per heavy atom. The summed E-state index contributed by atoms with van der Waals surface area (Å²) in [5.41, 5.74) is 14.9. The number of fused-ring (bicyclic) bond motifs is 1. The third-order valence-electron chi connectivity index (χ3n) is 6.16. The van der Waals surface area contributed by atoms with Gasteiger partial charge in [-0.25, -0.2) is 5.53 Å². The number of rotatable bonds is 7. The highest BCUT2D eigenvalue weighted by molar-refractivity contribution is 5.92. The Kier molecular flexibility index (Phi) is 7.60. The first-order valence-corrected chi connectivity index (χ1v) is 11.5. The van der Waals surface area contributed by atoms with Crippen molar-refractivity contribution in [3.8, 4) is 0 Å². The number of hydrogen-bond acceptors (Lipinski definition) is 3. The average molecular weight is 420 g/mol. The lowest BCUT2D eigenvalue weighted by molar-refractivity contribution is 0.238. The van der Waals surface area contributed by atoms with Gasteiger partial charge < -0.3 is 4.98 Å². The second-order valence-corrected chi connectivity index (χ2v) is 9.27. The van der Waals surface area contributed by atoms with Crippen LogP contribution < -0.4 is 0 Å². The average Bonchev–Trinajstić information content (AvgIpc) is 3.12. The van der Waals surface area contributed by atoms with Gasteiger partial charge in [0.1, 0.15) is 0 Å². The molecular weight excluding hydrogens is 382 g/mol. The fourth-order valence-corrected chi connectivity index (χ4v) is 4.75. The van der Waals surface area contributed by atoms with E-state index in [-0.39, 0.29) is 5.84 Å². The van der Waals surface area contributed by atoms with Gasteiger partial charge in [-0.05, 0) is 86.9 Å². The van der Waals surface area contributed by atoms with Crippen molar-refractivity contribution in [3.63, 3.8) is 0 Å². The van der Waals surface area contributed by atoms with Crippen molar-refractivity contribution in [1.82, 2.24) is 9.88 Å². The second kappa shape index (κ2) is 10.2. The van der Waals surface area contributed by atoms with E-state index in [0.717, 1.165) is 32.4 Å². The maximum absolute atomic E-state index is 7.64. The highest BCUT2D eigenvalue weighted by Crippen LogP contribution is 2.37. The van der Waals surface area contributed by atoms with Crippen LogP contribution in [-0.2, 0) is 0 Å². The molecule has 0 unspecified atom stereocenters. The third kappa shape index (κ3) is 5.40. The van der Waals surface area contributed by atoms with E-state index >= 15 is 0 Å². The molecule has 0 bridgehead atoms. The monoisotopic (exact) mass is 419 g/mol. The van der Waals surface area contributed by atoms with Gasteiger partial charge in [0.15, 0.2) is 5.84 Å². The van der Waals surface area contributed by atoms with Gasteiger partial charge in [0.2, 0.25) is 0 Å². The quantitative estimate of drug-likeness (QED) is 0.188. The lowest BCUT2D eigenvalue weighted by atomic mass is 9.87. The maximum Gasteiger partial charge on any atom is 0.156 e. The van der Waals surface area contributed by atoms with Gasteiger partial charge in [-0.1, -0.05) is 44.6 Å². The number of piperidine rings is 1. The van der Waals surface area contributed by atoms with Crippen molar-refractivity contribution < 1.29 is 0 Å². The van der Waals surface area contributed by atoms with Crippen molar-refractivity contribution in [3.05, 3.63) is 52.7 Å². The van der Waals surface area contributed by atoms with Crippen LogP contribution >= 0.6 is 0 Å². The Morgan fingerprint density at radius 3 is 2.55 bits per heavy atom. The van der Waals surface area contributed by atoms with Crippen molar-refractivity contribution in [2.45, 2.75) is 65.7 Å². The van der Waals surface area contributed by atoms with E-state index < -0.39 is 0 Å². The Labute approximate surface area is 186 Å². The van der Waals surface area contributed by atoms with Crippen LogP contribution in [0.15, 0.2) is 41.0 Å². The minimum Gasteiger partial charge on any atom is -0.354 e. The molecule has 1 aromatic carbocycles. The summed E-state index contributed by atoms with van der Waals surface area (Å²) in [5, 5.41) is 12.2. The highest BCUT2D eigenvalue weighted by atomic mass is 15.2. The van der Waals surface area contributed by atoms with Crippen LogP contribution in [0.2, 0.25) is 0 Å². The van der Waals surface area contributed by atoms with Gasteiger partial charge in [0, 0.05) is 16.6 Å². The minimum absolute atomic E-state index is 0.147. The Balaban J connectivity index is 1.93. The molecule has 31 heavy (non-hydrogen) atoms. The molecule has 5 heteroatoms. The fourth-order valence-electron chi connectivity index (χ4n) is 4.75. The summed E-state index contributed by atoms with van der Waals surface area (Å²) in [7, 11) is 0. The van der Waals surface area contributed by atoms with Crippen molar-refractivity contribution in [2.24, 2.45) is 5.11 Å². The molecule has 3 rings (SSSR count). The summed E-state index contributed by atoms with van der Waals surface area (Å²) in [6, 6.07) is 6.96. The lowest BCUT2D eigenvalue weighted by Crippen LogP contribution is -2.36. The molecule has 0 spiro atoms. The molecule has 1 aliphatic heterocycles. The smallest absolute Gasteiger partial charge is 0.156 e. The van der Waals surface area contributed by atoms with Crippen molar-refractivity contribution >= 4 is 22.3 Å². The zero-order valence-electron chi connectivity index (χ0n) is 19.7. The van der Waals surface area contributed by atoms with E-state index in [1.54, 1.807) is 0 Å². The number of allylic oxidation sites excluding steroid dienone is 4. The molecule has 166 valence electrons. The van der Waals surface area contributed by atoms with Gasteiger partial charge in [-0.15, -0.1) is 5.11 Å². The van der Waals surface area contributed by atoms with Gasteiger partial charge in [-0.2, -0.15) is 0 Å². The van der Waals surface area contributed by atoms with Gasteiger partial charge >= 0.3 is 0 Å². The topological polar surface area (TPSA) is 79.1 Å². The van der Waals surface area contributed by atoms with Gasteiger partial charge in [0.25, 0.3) is 0 Å². The molecule has 0 aliphatic carbocycles. The van der Waals surface area contributed by atoms with Crippen LogP contribution in [0.4, 0.5) is 0 Å². The van der Waals surface area contributed by atoms with E-state index in [4.69, 9.17) is 10.9 Å². The molecule has 2 aromatic rings. The first-order valence-electron chi connectivity index (χ1n) is 11.5. The van der Waals surface area contributed by atoms with E-state index in [0.29, 0.717) is 18.4 Å². The number of benzene rings is 1. The molecule has 1 aliphatic rings. The van der Waals surface area contributed by atoms with E-state index in [2.05, 4.69) is 80.0 Å². The summed E-state index contributed by atoms with van der Waals surface area (Å²) in [6.07, 6.45) is 7.80. The number of H-pyrrole nitrogens is 1. The van der Waals surface area contributed by atoms with Crippen LogP contribution in [0.5, 0.6) is 0 Å². The Morgan fingerprint density at radius 1 is 1.26 bits per heavy atom. The standard InChI is InChI=1S/C26H37N5/c1-6-7-21(14-17(2)3)26-25(18(4)5)22-15-20(8-9-23(22)29-26)19-10-12-31(13-11-19)16-24(27)30-28/h7-9,14-15,18-19,27-29H,6,10-13,16H2,1-5H3/b21-7+,27-24?,30-28?. The van der Waals surface area contributed by atoms with E-state index in [1.165, 1.54) is 38.9 Å². The molecular formula is C26H37N5. The predicted molar refractivity (Wildman–Crippen MR) is 131 cm³/mol. The van der Waals surface area contributed by atoms with E-state index in [1.807, 2.05) is 0 Å². The Hall–Kier alpha value is -2.53. The van der Waals surface area contributed by atoms with Gasteiger partial charge in [0.05, 0.1) is 6.54 Å². The second-order valence-electron chi connectivity index (χ2n) is 9.27. The molecule has 1 fully saturated rings. The molecule has 0 atom stereocenters.